The maximum absolute atomic E-state index is 11.7. The number of carboxylic acids is 1. The van der Waals surface area contributed by atoms with E-state index in [2.05, 4.69) is 23.3 Å². The van der Waals surface area contributed by atoms with Gasteiger partial charge in [-0.25, -0.2) is 4.79 Å². The molecule has 108 valence electrons. The number of hydrogen-bond donors (Lipinski definition) is 4. The van der Waals surface area contributed by atoms with Crippen LogP contribution in [0.25, 0.3) is 0 Å². The lowest BCUT2D eigenvalue weighted by Gasteiger charge is -2.12. The van der Waals surface area contributed by atoms with Crippen LogP contribution in [0.3, 0.4) is 0 Å². The van der Waals surface area contributed by atoms with E-state index in [0.717, 1.165) is 5.56 Å². The molecule has 0 bridgehead atoms. The molecule has 0 heterocycles. The van der Waals surface area contributed by atoms with Crippen molar-refractivity contribution in [1.29, 1.82) is 0 Å². The molecule has 2 amide bonds. The van der Waals surface area contributed by atoms with E-state index in [1.807, 2.05) is 0 Å². The van der Waals surface area contributed by atoms with Gasteiger partial charge < -0.3 is 15.7 Å². The molecule has 0 radical (unpaired) electrons. The molecule has 0 aliphatic carbocycles. The Kier molecular flexibility index (Phi) is 6.05. The summed E-state index contributed by atoms with van der Waals surface area (Å²) >= 11 is 3.87. The maximum atomic E-state index is 11.7. The largest absolute Gasteiger partial charge is 0.480 e. The van der Waals surface area contributed by atoms with Crippen molar-refractivity contribution in [2.45, 2.75) is 19.4 Å². The van der Waals surface area contributed by atoms with Gasteiger partial charge in [-0.05, 0) is 17.7 Å². The number of thiol groups is 1. The number of benzene rings is 1. The molecule has 1 atom stereocenters. The molecule has 0 fully saturated rings. The third-order valence-electron chi connectivity index (χ3n) is 2.45. The second-order valence-corrected chi connectivity index (χ2v) is 4.56. The Bertz CT molecular complexity index is 502. The van der Waals surface area contributed by atoms with Gasteiger partial charge in [0, 0.05) is 18.4 Å². The predicted octanol–water partition coefficient (Wildman–Crippen LogP) is 0.687. The van der Waals surface area contributed by atoms with Crippen LogP contribution in [-0.2, 0) is 20.8 Å². The van der Waals surface area contributed by atoms with E-state index in [1.54, 1.807) is 24.3 Å². The number of carbonyl (C=O) groups is 3. The number of hydrogen-bond acceptors (Lipinski definition) is 4. The molecule has 0 aliphatic heterocycles. The normalized spacial score (nSPS) is 11.5. The van der Waals surface area contributed by atoms with Gasteiger partial charge in [-0.2, -0.15) is 12.6 Å². The number of carboxylic acid groups (broad SMARTS) is 1. The fourth-order valence-electron chi connectivity index (χ4n) is 1.53. The average molecular weight is 296 g/mol. The minimum absolute atomic E-state index is 0.0303. The zero-order chi connectivity index (χ0) is 15.1. The Labute approximate surface area is 122 Å². The highest BCUT2D eigenvalue weighted by Gasteiger charge is 2.17. The second kappa shape index (κ2) is 7.54. The van der Waals surface area contributed by atoms with Gasteiger partial charge in [0.05, 0.1) is 6.42 Å². The van der Waals surface area contributed by atoms with Gasteiger partial charge >= 0.3 is 5.97 Å². The average Bonchev–Trinajstić information content (AvgIpc) is 2.37. The summed E-state index contributed by atoms with van der Waals surface area (Å²) in [6, 6.07) is 5.75. The molecule has 20 heavy (non-hydrogen) atoms. The monoisotopic (exact) mass is 296 g/mol. The third-order valence-corrected chi connectivity index (χ3v) is 2.82. The highest BCUT2D eigenvalue weighted by molar-refractivity contribution is 7.80. The fraction of sp³-hybridized carbons (Fsp3) is 0.308. The van der Waals surface area contributed by atoms with Crippen molar-refractivity contribution in [2.75, 3.05) is 11.1 Å². The molecule has 3 N–H and O–H groups in total. The summed E-state index contributed by atoms with van der Waals surface area (Å²) in [7, 11) is 0. The van der Waals surface area contributed by atoms with Crippen molar-refractivity contribution >= 4 is 36.1 Å². The quantitative estimate of drug-likeness (QED) is 0.581. The molecule has 0 saturated carbocycles. The van der Waals surface area contributed by atoms with Crippen LogP contribution in [0.15, 0.2) is 24.3 Å². The molecule has 6 nitrogen and oxygen atoms in total. The van der Waals surface area contributed by atoms with Crippen molar-refractivity contribution in [1.82, 2.24) is 5.32 Å². The summed E-state index contributed by atoms with van der Waals surface area (Å²) in [5.41, 5.74) is 1.36. The second-order valence-electron chi connectivity index (χ2n) is 4.20. The first kappa shape index (κ1) is 16.0. The Morgan fingerprint density at radius 1 is 1.25 bits per heavy atom. The number of anilines is 1. The predicted molar refractivity (Wildman–Crippen MR) is 77.9 cm³/mol. The van der Waals surface area contributed by atoms with Crippen LogP contribution in [0.2, 0.25) is 0 Å². The molecule has 1 rings (SSSR count). The molecular formula is C13H16N2O4S. The fourth-order valence-corrected chi connectivity index (χ4v) is 1.77. The minimum atomic E-state index is -1.12. The first-order valence-corrected chi connectivity index (χ1v) is 6.55. The Morgan fingerprint density at radius 2 is 1.85 bits per heavy atom. The summed E-state index contributed by atoms with van der Waals surface area (Å²) in [4.78, 5) is 33.3. The van der Waals surface area contributed by atoms with Crippen LogP contribution in [0.1, 0.15) is 12.5 Å². The van der Waals surface area contributed by atoms with Crippen LogP contribution in [0, 0.1) is 0 Å². The first-order valence-electron chi connectivity index (χ1n) is 5.92. The van der Waals surface area contributed by atoms with Crippen LogP contribution in [0.5, 0.6) is 0 Å². The lowest BCUT2D eigenvalue weighted by atomic mass is 10.1. The van der Waals surface area contributed by atoms with Crippen LogP contribution < -0.4 is 10.6 Å². The highest BCUT2D eigenvalue weighted by Crippen LogP contribution is 2.10. The first-order chi connectivity index (χ1) is 9.42. The van der Waals surface area contributed by atoms with Gasteiger partial charge in [0.25, 0.3) is 0 Å². The van der Waals surface area contributed by atoms with Gasteiger partial charge in [-0.15, -0.1) is 0 Å². The summed E-state index contributed by atoms with van der Waals surface area (Å²) in [5.74, 6) is -1.65. The van der Waals surface area contributed by atoms with E-state index in [4.69, 9.17) is 5.11 Å². The number of aliphatic carboxylic acids is 1. The number of rotatable bonds is 6. The summed E-state index contributed by atoms with van der Waals surface area (Å²) < 4.78 is 0. The molecule has 0 saturated heterocycles. The molecule has 0 spiro atoms. The Balaban J connectivity index is 2.58. The van der Waals surface area contributed by atoms with Gasteiger partial charge in [0.1, 0.15) is 6.04 Å². The van der Waals surface area contributed by atoms with Gasteiger partial charge in [0.15, 0.2) is 0 Å². The number of nitrogens with one attached hydrogen (secondary N) is 2. The van der Waals surface area contributed by atoms with E-state index in [1.165, 1.54) is 6.92 Å². The van der Waals surface area contributed by atoms with Crippen LogP contribution in [-0.4, -0.2) is 34.7 Å². The maximum Gasteiger partial charge on any atom is 0.327 e. The van der Waals surface area contributed by atoms with Crippen molar-refractivity contribution < 1.29 is 19.5 Å². The SMILES string of the molecule is CC(=O)Nc1ccc(CC(=O)NC(CS)C(=O)O)cc1. The molecule has 1 aromatic carbocycles. The smallest absolute Gasteiger partial charge is 0.327 e. The Morgan fingerprint density at radius 3 is 2.30 bits per heavy atom. The third kappa shape index (κ3) is 5.31. The van der Waals surface area contributed by atoms with E-state index >= 15 is 0 Å². The summed E-state index contributed by atoms with van der Waals surface area (Å²) in [5, 5.41) is 13.8. The van der Waals surface area contributed by atoms with Crippen LogP contribution in [0.4, 0.5) is 5.69 Å². The van der Waals surface area contributed by atoms with Crippen molar-refractivity contribution in [3.8, 4) is 0 Å². The van der Waals surface area contributed by atoms with E-state index in [9.17, 15) is 14.4 Å². The summed E-state index contributed by atoms with van der Waals surface area (Å²) in [6.45, 7) is 1.41. The van der Waals surface area contributed by atoms with Gasteiger partial charge in [-0.3, -0.25) is 9.59 Å². The Hall–Kier alpha value is -2.02. The van der Waals surface area contributed by atoms with Crippen molar-refractivity contribution in [3.63, 3.8) is 0 Å². The summed E-state index contributed by atoms with van der Waals surface area (Å²) in [6.07, 6.45) is 0.0674. The zero-order valence-corrected chi connectivity index (χ0v) is 11.8. The minimum Gasteiger partial charge on any atom is -0.480 e. The molecule has 0 aliphatic rings. The van der Waals surface area contributed by atoms with Crippen LogP contribution >= 0.6 is 12.6 Å². The van der Waals surface area contributed by atoms with Crippen molar-refractivity contribution in [2.24, 2.45) is 0 Å². The molecular weight excluding hydrogens is 280 g/mol. The highest BCUT2D eigenvalue weighted by atomic mass is 32.1. The molecule has 1 aromatic rings. The van der Waals surface area contributed by atoms with E-state index in [-0.39, 0.29) is 18.1 Å². The van der Waals surface area contributed by atoms with Gasteiger partial charge in [0.2, 0.25) is 11.8 Å². The zero-order valence-electron chi connectivity index (χ0n) is 10.9. The molecule has 1 unspecified atom stereocenters. The lowest BCUT2D eigenvalue weighted by Crippen LogP contribution is -2.42. The lowest BCUT2D eigenvalue weighted by molar-refractivity contribution is -0.141. The standard InChI is InChI=1S/C13H16N2O4S/c1-8(16)14-10-4-2-9(3-5-10)6-12(17)15-11(7-20)13(18)19/h2-5,11,20H,6-7H2,1H3,(H,14,16)(H,15,17)(H,18,19). The molecule has 0 aromatic heterocycles. The van der Waals surface area contributed by atoms with E-state index in [0.29, 0.717) is 5.69 Å². The number of amides is 2. The topological polar surface area (TPSA) is 95.5 Å². The van der Waals surface area contributed by atoms with E-state index < -0.39 is 17.9 Å². The van der Waals surface area contributed by atoms with Crippen molar-refractivity contribution in [3.05, 3.63) is 29.8 Å². The van der Waals surface area contributed by atoms with Gasteiger partial charge in [-0.1, -0.05) is 12.1 Å². The molecule has 7 heteroatoms. The number of carbonyl (C=O) groups excluding carboxylic acids is 2.